The number of carbonyl (C=O) groups is 1. The van der Waals surface area contributed by atoms with E-state index in [0.29, 0.717) is 18.6 Å². The molecule has 1 N–H and O–H groups in total. The first-order valence-electron chi connectivity index (χ1n) is 5.25. The highest BCUT2D eigenvalue weighted by Crippen LogP contribution is 2.32. The van der Waals surface area contributed by atoms with Crippen LogP contribution in [0.4, 0.5) is 4.39 Å². The third-order valence-corrected chi connectivity index (χ3v) is 2.98. The van der Waals surface area contributed by atoms with Crippen molar-refractivity contribution in [1.29, 1.82) is 0 Å². The van der Waals surface area contributed by atoms with Crippen LogP contribution in [0.5, 0.6) is 0 Å². The van der Waals surface area contributed by atoms with Gasteiger partial charge in [-0.05, 0) is 18.1 Å². The summed E-state index contributed by atoms with van der Waals surface area (Å²) in [4.78, 5) is 11.1. The molecule has 1 fully saturated rings. The summed E-state index contributed by atoms with van der Waals surface area (Å²) in [5, 5.41) is 9.08. The van der Waals surface area contributed by atoms with Gasteiger partial charge in [-0.15, -0.1) is 0 Å². The smallest absolute Gasteiger partial charge is 0.307 e. The number of benzene rings is 1. The second-order valence-electron chi connectivity index (χ2n) is 3.94. The van der Waals surface area contributed by atoms with Crippen LogP contribution in [0.2, 0.25) is 0 Å². The minimum atomic E-state index is -0.878. The van der Waals surface area contributed by atoms with Gasteiger partial charge in [-0.25, -0.2) is 4.39 Å². The Morgan fingerprint density at radius 3 is 2.88 bits per heavy atom. The first kappa shape index (κ1) is 11.1. The Morgan fingerprint density at radius 1 is 1.44 bits per heavy atom. The normalized spacial score (nSPS) is 25.3. The van der Waals surface area contributed by atoms with Crippen LogP contribution in [0, 0.1) is 11.7 Å². The molecule has 2 rings (SSSR count). The number of carboxylic acids is 1. The first-order chi connectivity index (χ1) is 7.70. The van der Waals surface area contributed by atoms with Crippen LogP contribution in [0.3, 0.4) is 0 Å². The van der Waals surface area contributed by atoms with Crippen molar-refractivity contribution >= 4 is 5.97 Å². The summed E-state index contributed by atoms with van der Waals surface area (Å²) >= 11 is 0. The zero-order chi connectivity index (χ0) is 11.5. The van der Waals surface area contributed by atoms with E-state index in [1.807, 2.05) is 0 Å². The molecule has 0 amide bonds. The van der Waals surface area contributed by atoms with E-state index >= 15 is 0 Å². The van der Waals surface area contributed by atoms with Crippen LogP contribution in [0.15, 0.2) is 24.3 Å². The van der Waals surface area contributed by atoms with E-state index in [0.717, 1.165) is 0 Å². The van der Waals surface area contributed by atoms with Gasteiger partial charge in [0, 0.05) is 12.5 Å². The van der Waals surface area contributed by atoms with Gasteiger partial charge in [0.15, 0.2) is 0 Å². The summed E-state index contributed by atoms with van der Waals surface area (Å²) in [6, 6.07) is 6.29. The van der Waals surface area contributed by atoms with Crippen LogP contribution in [0.25, 0.3) is 0 Å². The molecule has 3 nitrogen and oxygen atoms in total. The molecule has 1 aliphatic rings. The predicted octanol–water partition coefficient (Wildman–Crippen LogP) is 2.03. The lowest BCUT2D eigenvalue weighted by molar-refractivity contribution is -0.146. The highest BCUT2D eigenvalue weighted by molar-refractivity contribution is 5.71. The van der Waals surface area contributed by atoms with E-state index < -0.39 is 11.9 Å². The van der Waals surface area contributed by atoms with Gasteiger partial charge >= 0.3 is 5.97 Å². The molecular formula is C12H13FO3. The van der Waals surface area contributed by atoms with Crippen molar-refractivity contribution in [2.24, 2.45) is 5.92 Å². The van der Waals surface area contributed by atoms with Crippen LogP contribution in [-0.2, 0) is 9.53 Å². The van der Waals surface area contributed by atoms with E-state index in [-0.39, 0.29) is 18.3 Å². The maximum atomic E-state index is 13.6. The van der Waals surface area contributed by atoms with Crippen molar-refractivity contribution < 1.29 is 19.0 Å². The number of ether oxygens (including phenoxy) is 1. The van der Waals surface area contributed by atoms with Crippen LogP contribution in [0.1, 0.15) is 17.9 Å². The highest BCUT2D eigenvalue weighted by atomic mass is 19.1. The number of hydrogen-bond donors (Lipinski definition) is 1. The van der Waals surface area contributed by atoms with Gasteiger partial charge in [0.25, 0.3) is 0 Å². The van der Waals surface area contributed by atoms with Crippen molar-refractivity contribution in [2.75, 3.05) is 13.2 Å². The maximum absolute atomic E-state index is 13.6. The molecule has 1 aliphatic heterocycles. The molecule has 0 aliphatic carbocycles. The Labute approximate surface area is 92.9 Å². The standard InChI is InChI=1S/C12H13FO3/c13-11-4-2-1-3-8(11)10-7-16-6-5-9(10)12(14)15/h1-4,9-10H,5-7H2,(H,14,15). The van der Waals surface area contributed by atoms with E-state index in [1.54, 1.807) is 18.2 Å². The summed E-state index contributed by atoms with van der Waals surface area (Å²) < 4.78 is 18.8. The SMILES string of the molecule is O=C(O)C1CCOCC1c1ccccc1F. The quantitative estimate of drug-likeness (QED) is 0.836. The zero-order valence-corrected chi connectivity index (χ0v) is 8.73. The zero-order valence-electron chi connectivity index (χ0n) is 8.73. The lowest BCUT2D eigenvalue weighted by Gasteiger charge is -2.29. The Morgan fingerprint density at radius 2 is 2.19 bits per heavy atom. The van der Waals surface area contributed by atoms with Crippen molar-refractivity contribution in [3.8, 4) is 0 Å². The van der Waals surface area contributed by atoms with Crippen LogP contribution in [-0.4, -0.2) is 24.3 Å². The topological polar surface area (TPSA) is 46.5 Å². The summed E-state index contributed by atoms with van der Waals surface area (Å²) in [5.41, 5.74) is 0.439. The molecule has 1 saturated heterocycles. The predicted molar refractivity (Wildman–Crippen MR) is 55.7 cm³/mol. The largest absolute Gasteiger partial charge is 0.481 e. The van der Waals surface area contributed by atoms with E-state index in [4.69, 9.17) is 9.84 Å². The minimum Gasteiger partial charge on any atom is -0.481 e. The van der Waals surface area contributed by atoms with E-state index in [1.165, 1.54) is 6.07 Å². The fraction of sp³-hybridized carbons (Fsp3) is 0.417. The maximum Gasteiger partial charge on any atom is 0.307 e. The summed E-state index contributed by atoms with van der Waals surface area (Å²) in [6.07, 6.45) is 0.439. The van der Waals surface area contributed by atoms with Gasteiger partial charge in [-0.3, -0.25) is 4.79 Å². The Balaban J connectivity index is 2.30. The first-order valence-corrected chi connectivity index (χ1v) is 5.25. The van der Waals surface area contributed by atoms with Crippen LogP contribution >= 0.6 is 0 Å². The lowest BCUT2D eigenvalue weighted by Crippen LogP contribution is -2.31. The van der Waals surface area contributed by atoms with Gasteiger partial charge in [-0.2, -0.15) is 0 Å². The minimum absolute atomic E-state index is 0.276. The Bertz CT molecular complexity index is 392. The molecule has 4 heteroatoms. The molecule has 0 saturated carbocycles. The van der Waals surface area contributed by atoms with E-state index in [9.17, 15) is 9.18 Å². The third kappa shape index (κ3) is 2.07. The van der Waals surface area contributed by atoms with Gasteiger partial charge < -0.3 is 9.84 Å². The molecular weight excluding hydrogens is 211 g/mol. The van der Waals surface area contributed by atoms with Gasteiger partial charge in [0.2, 0.25) is 0 Å². The molecule has 1 heterocycles. The van der Waals surface area contributed by atoms with Crippen molar-refractivity contribution in [3.05, 3.63) is 35.6 Å². The summed E-state index contributed by atoms with van der Waals surface area (Å²) in [6.45, 7) is 0.708. The third-order valence-electron chi connectivity index (χ3n) is 2.98. The molecule has 0 radical (unpaired) electrons. The average Bonchev–Trinajstić information content (AvgIpc) is 2.29. The molecule has 1 aromatic carbocycles. The second kappa shape index (κ2) is 4.61. The Hall–Kier alpha value is -1.42. The molecule has 2 unspecified atom stereocenters. The number of hydrogen-bond acceptors (Lipinski definition) is 2. The molecule has 86 valence electrons. The summed E-state index contributed by atoms with van der Waals surface area (Å²) in [5.74, 6) is -2.17. The van der Waals surface area contributed by atoms with Crippen molar-refractivity contribution in [3.63, 3.8) is 0 Å². The second-order valence-corrected chi connectivity index (χ2v) is 3.94. The number of carboxylic acid groups (broad SMARTS) is 1. The average molecular weight is 224 g/mol. The molecule has 0 spiro atoms. The molecule has 0 bridgehead atoms. The summed E-state index contributed by atoms with van der Waals surface area (Å²) in [7, 11) is 0. The number of halogens is 1. The lowest BCUT2D eigenvalue weighted by atomic mass is 9.83. The number of rotatable bonds is 2. The molecule has 1 aromatic rings. The molecule has 16 heavy (non-hydrogen) atoms. The van der Waals surface area contributed by atoms with Crippen LogP contribution < -0.4 is 0 Å². The van der Waals surface area contributed by atoms with Crippen molar-refractivity contribution in [2.45, 2.75) is 12.3 Å². The van der Waals surface area contributed by atoms with Gasteiger partial charge in [0.1, 0.15) is 5.82 Å². The molecule has 2 atom stereocenters. The highest BCUT2D eigenvalue weighted by Gasteiger charge is 2.33. The van der Waals surface area contributed by atoms with E-state index in [2.05, 4.69) is 0 Å². The molecule has 0 aromatic heterocycles. The monoisotopic (exact) mass is 224 g/mol. The Kier molecular flexibility index (Phi) is 3.19. The fourth-order valence-corrected chi connectivity index (χ4v) is 2.12. The van der Waals surface area contributed by atoms with Crippen molar-refractivity contribution in [1.82, 2.24) is 0 Å². The van der Waals surface area contributed by atoms with Gasteiger partial charge in [0.05, 0.1) is 12.5 Å². The van der Waals surface area contributed by atoms with Gasteiger partial charge in [-0.1, -0.05) is 18.2 Å². The number of aliphatic carboxylic acids is 1. The fourth-order valence-electron chi connectivity index (χ4n) is 2.12.